The minimum absolute atomic E-state index is 0.0363. The monoisotopic (exact) mass is 625 g/mol. The molecule has 0 fully saturated rings. The molecule has 0 radical (unpaired) electrons. The number of carbonyl (C=O) groups is 2. The number of anilines is 2. The van der Waals surface area contributed by atoms with Crippen LogP contribution >= 0.6 is 23.2 Å². The van der Waals surface area contributed by atoms with Crippen LogP contribution in [0.4, 0.5) is 11.6 Å². The Morgan fingerprint density at radius 3 is 2.21 bits per heavy atom. The smallest absolute Gasteiger partial charge is 0.295 e. The SMILES string of the molecule is Cn1nc(NC(=O)c2ccno2)c2c(Cl)c(Cn3nc(NC(=O)CO)c4c(Cl)ccc(C(C)(C)C)c43)cc(C(C)(C)C)c21. The summed E-state index contributed by atoms with van der Waals surface area (Å²) in [7, 11) is 1.80. The lowest BCUT2D eigenvalue weighted by Crippen LogP contribution is -2.17. The number of amides is 2. The Balaban J connectivity index is 1.75. The van der Waals surface area contributed by atoms with Gasteiger partial charge in [-0.15, -0.1) is 0 Å². The molecule has 11 nitrogen and oxygen atoms in total. The first-order valence-electron chi connectivity index (χ1n) is 13.6. The van der Waals surface area contributed by atoms with E-state index >= 15 is 0 Å². The normalized spacial score (nSPS) is 12.3. The lowest BCUT2D eigenvalue weighted by atomic mass is 9.84. The lowest BCUT2D eigenvalue weighted by molar-refractivity contribution is -0.118. The summed E-state index contributed by atoms with van der Waals surface area (Å²) in [5.41, 5.74) is 3.50. The Labute approximate surface area is 258 Å². The number of aliphatic hydroxyl groups is 1. The molecule has 0 saturated carbocycles. The number of hydrogen-bond acceptors (Lipinski definition) is 7. The van der Waals surface area contributed by atoms with Crippen molar-refractivity contribution in [2.24, 2.45) is 7.05 Å². The fourth-order valence-electron chi connectivity index (χ4n) is 5.20. The average molecular weight is 627 g/mol. The van der Waals surface area contributed by atoms with E-state index in [9.17, 15) is 14.7 Å². The van der Waals surface area contributed by atoms with Gasteiger partial charge in [0.05, 0.1) is 44.6 Å². The van der Waals surface area contributed by atoms with E-state index in [0.717, 1.165) is 22.2 Å². The molecule has 5 aromatic rings. The Morgan fingerprint density at radius 2 is 1.60 bits per heavy atom. The van der Waals surface area contributed by atoms with E-state index in [1.54, 1.807) is 22.5 Å². The second-order valence-electron chi connectivity index (χ2n) is 12.5. The minimum Gasteiger partial charge on any atom is -0.387 e. The molecule has 0 spiro atoms. The fourth-order valence-corrected chi connectivity index (χ4v) is 5.74. The predicted molar refractivity (Wildman–Crippen MR) is 167 cm³/mol. The van der Waals surface area contributed by atoms with E-state index in [1.165, 1.54) is 12.3 Å². The van der Waals surface area contributed by atoms with Crippen molar-refractivity contribution in [3.8, 4) is 0 Å². The van der Waals surface area contributed by atoms with Crippen molar-refractivity contribution in [1.29, 1.82) is 0 Å². The highest BCUT2D eigenvalue weighted by molar-refractivity contribution is 6.38. The highest BCUT2D eigenvalue weighted by Gasteiger charge is 2.29. The van der Waals surface area contributed by atoms with Crippen LogP contribution in [0.15, 0.2) is 35.0 Å². The van der Waals surface area contributed by atoms with Gasteiger partial charge in [0.25, 0.3) is 11.8 Å². The molecule has 3 heterocycles. The number of halogens is 2. The maximum Gasteiger partial charge on any atom is 0.295 e. The van der Waals surface area contributed by atoms with Crippen molar-refractivity contribution in [3.05, 3.63) is 63.0 Å². The van der Waals surface area contributed by atoms with Gasteiger partial charge < -0.3 is 20.3 Å². The highest BCUT2D eigenvalue weighted by atomic mass is 35.5. The van der Waals surface area contributed by atoms with Gasteiger partial charge in [0.2, 0.25) is 5.76 Å². The molecule has 0 aliphatic rings. The second kappa shape index (κ2) is 11.0. The number of carbonyl (C=O) groups excluding carboxylic acids is 2. The molecule has 0 bridgehead atoms. The number of hydrogen-bond donors (Lipinski definition) is 3. The minimum atomic E-state index is -0.702. The number of rotatable bonds is 6. The summed E-state index contributed by atoms with van der Waals surface area (Å²) in [6.07, 6.45) is 1.39. The molecule has 226 valence electrons. The fraction of sp³-hybridized carbons (Fsp3) is 0.367. The molecular formula is C30H33Cl2N7O4. The maximum atomic E-state index is 12.9. The number of aliphatic hydroxyl groups excluding tert-OH is 1. The molecule has 0 saturated heterocycles. The van der Waals surface area contributed by atoms with Crippen LogP contribution in [0, 0.1) is 0 Å². The molecule has 0 unspecified atom stereocenters. The Hall–Kier alpha value is -3.93. The highest BCUT2D eigenvalue weighted by Crippen LogP contribution is 2.42. The first-order chi connectivity index (χ1) is 20.1. The third-order valence-corrected chi connectivity index (χ3v) is 7.94. The van der Waals surface area contributed by atoms with Gasteiger partial charge in [-0.1, -0.05) is 76.0 Å². The summed E-state index contributed by atoms with van der Waals surface area (Å²) in [5, 5.41) is 29.8. The molecule has 0 aliphatic heterocycles. The zero-order chi connectivity index (χ0) is 31.4. The van der Waals surface area contributed by atoms with Gasteiger partial charge in [0.1, 0.15) is 6.61 Å². The number of nitrogens with zero attached hydrogens (tertiary/aromatic N) is 5. The third kappa shape index (κ3) is 5.60. The zero-order valence-electron chi connectivity index (χ0n) is 25.0. The molecule has 3 N–H and O–H groups in total. The van der Waals surface area contributed by atoms with E-state index in [-0.39, 0.29) is 34.8 Å². The summed E-state index contributed by atoms with van der Waals surface area (Å²) in [4.78, 5) is 25.1. The number of benzene rings is 2. The van der Waals surface area contributed by atoms with Crippen LogP contribution in [0.5, 0.6) is 0 Å². The van der Waals surface area contributed by atoms with Crippen LogP contribution in [-0.4, -0.2) is 48.2 Å². The summed E-state index contributed by atoms with van der Waals surface area (Å²) < 4.78 is 8.49. The van der Waals surface area contributed by atoms with Crippen LogP contribution in [0.3, 0.4) is 0 Å². The van der Waals surface area contributed by atoms with Crippen molar-refractivity contribution >= 4 is 68.5 Å². The van der Waals surface area contributed by atoms with Gasteiger partial charge in [0.15, 0.2) is 11.6 Å². The molecule has 0 atom stereocenters. The Morgan fingerprint density at radius 1 is 0.930 bits per heavy atom. The van der Waals surface area contributed by atoms with Gasteiger partial charge in [-0.3, -0.25) is 19.0 Å². The van der Waals surface area contributed by atoms with Crippen molar-refractivity contribution < 1.29 is 19.2 Å². The topological polar surface area (TPSA) is 140 Å². The molecule has 0 aliphatic carbocycles. The molecule has 2 aromatic carbocycles. The van der Waals surface area contributed by atoms with Gasteiger partial charge >= 0.3 is 0 Å². The Bertz CT molecular complexity index is 1880. The van der Waals surface area contributed by atoms with Gasteiger partial charge in [-0.2, -0.15) is 10.2 Å². The molecular weight excluding hydrogens is 593 g/mol. The van der Waals surface area contributed by atoms with Crippen molar-refractivity contribution in [2.75, 3.05) is 17.2 Å². The standard InChI is InChI=1S/C30H33Cl2N7O4/c1-29(2,3)16-8-9-18(31)21-25(16)39(37-26(21)34-20(41)14-40)13-15-12-17(30(4,5)6)24-22(23(15)32)27(36-38(24)7)35-28(42)19-10-11-33-43-19/h8-12,40H,13-14H2,1-7H3,(H,34,37,41)(H,35,36,42). The first kappa shape index (κ1) is 30.5. The van der Waals surface area contributed by atoms with E-state index in [2.05, 4.69) is 62.4 Å². The predicted octanol–water partition coefficient (Wildman–Crippen LogP) is 6.04. The number of aromatic nitrogens is 5. The van der Waals surface area contributed by atoms with Crippen molar-refractivity contribution in [1.82, 2.24) is 24.7 Å². The van der Waals surface area contributed by atoms with E-state index in [4.69, 9.17) is 32.8 Å². The van der Waals surface area contributed by atoms with Crippen molar-refractivity contribution in [2.45, 2.75) is 58.9 Å². The summed E-state index contributed by atoms with van der Waals surface area (Å²) >= 11 is 13.8. The lowest BCUT2D eigenvalue weighted by Gasteiger charge is -2.24. The van der Waals surface area contributed by atoms with Crippen LogP contribution in [0.2, 0.25) is 10.0 Å². The molecule has 3 aromatic heterocycles. The van der Waals surface area contributed by atoms with E-state index in [0.29, 0.717) is 26.4 Å². The van der Waals surface area contributed by atoms with Gasteiger partial charge in [0, 0.05) is 13.1 Å². The van der Waals surface area contributed by atoms with E-state index in [1.807, 2.05) is 12.1 Å². The Kier molecular flexibility index (Phi) is 7.78. The van der Waals surface area contributed by atoms with Crippen LogP contribution in [0.1, 0.15) is 68.8 Å². The number of aryl methyl sites for hydroxylation is 1. The zero-order valence-corrected chi connectivity index (χ0v) is 26.5. The molecule has 5 rings (SSSR count). The van der Waals surface area contributed by atoms with Crippen molar-refractivity contribution in [3.63, 3.8) is 0 Å². The summed E-state index contributed by atoms with van der Waals surface area (Å²) in [5.74, 6) is -0.575. The van der Waals surface area contributed by atoms with Crippen LogP contribution < -0.4 is 10.6 Å². The van der Waals surface area contributed by atoms with Crippen LogP contribution in [-0.2, 0) is 29.2 Å². The number of nitrogens with one attached hydrogen (secondary N) is 2. The van der Waals surface area contributed by atoms with Gasteiger partial charge in [-0.25, -0.2) is 0 Å². The van der Waals surface area contributed by atoms with Crippen LogP contribution in [0.25, 0.3) is 21.8 Å². The summed E-state index contributed by atoms with van der Waals surface area (Å²) in [6.45, 7) is 12.0. The first-order valence-corrected chi connectivity index (χ1v) is 14.4. The van der Waals surface area contributed by atoms with Gasteiger partial charge in [-0.05, 0) is 39.7 Å². The number of fused-ring (bicyclic) bond motifs is 2. The quantitative estimate of drug-likeness (QED) is 0.209. The third-order valence-electron chi connectivity index (χ3n) is 7.20. The second-order valence-corrected chi connectivity index (χ2v) is 13.2. The van der Waals surface area contributed by atoms with E-state index < -0.39 is 18.4 Å². The summed E-state index contributed by atoms with van der Waals surface area (Å²) in [6, 6.07) is 7.21. The largest absolute Gasteiger partial charge is 0.387 e. The average Bonchev–Trinajstić information content (AvgIpc) is 3.64. The molecule has 2 amide bonds. The maximum absolute atomic E-state index is 12.9. The molecule has 13 heteroatoms. The molecule has 43 heavy (non-hydrogen) atoms.